The average molecular weight is 372 g/mol. The maximum Gasteiger partial charge on any atom is 0.471 e. The van der Waals surface area contributed by atoms with Crippen molar-refractivity contribution in [1.29, 1.82) is 0 Å². The Balaban J connectivity index is 2.11. The van der Waals surface area contributed by atoms with E-state index in [1.54, 1.807) is 29.2 Å². The molecule has 0 spiro atoms. The van der Waals surface area contributed by atoms with E-state index in [1.165, 1.54) is 12.2 Å². The topological polar surface area (TPSA) is 71.7 Å². The lowest BCUT2D eigenvalue weighted by molar-refractivity contribution is -0.159. The number of carbonyl (C=O) groups is 1. The summed E-state index contributed by atoms with van der Waals surface area (Å²) < 4.78 is 41.7. The van der Waals surface area contributed by atoms with Crippen LogP contribution in [0.5, 0.6) is 0 Å². The van der Waals surface area contributed by atoms with Gasteiger partial charge in [0.2, 0.25) is 5.82 Å². The highest BCUT2D eigenvalue weighted by Crippen LogP contribution is 2.29. The largest absolute Gasteiger partial charge is 0.471 e. The first-order chi connectivity index (χ1) is 12.3. The summed E-state index contributed by atoms with van der Waals surface area (Å²) in [4.78, 5) is 22.4. The molecule has 0 bridgehead atoms. The summed E-state index contributed by atoms with van der Waals surface area (Å²) >= 11 is 0. The summed E-state index contributed by atoms with van der Waals surface area (Å²) in [6, 6.07) is 6.14. The lowest BCUT2D eigenvalue weighted by Crippen LogP contribution is -2.42. The quantitative estimate of drug-likeness (QED) is 0.725. The predicted molar refractivity (Wildman–Crippen MR) is 85.6 cm³/mol. The first-order valence-electron chi connectivity index (χ1n) is 7.90. The van der Waals surface area contributed by atoms with Crippen LogP contribution in [0.15, 0.2) is 28.8 Å². The molecule has 0 N–H and O–H groups in total. The highest BCUT2D eigenvalue weighted by molar-refractivity contribution is 5.73. The van der Waals surface area contributed by atoms with Crippen LogP contribution in [0.4, 0.5) is 18.0 Å². The number of carbonyl (C=O) groups excluding carboxylic acids is 1. The van der Waals surface area contributed by atoms with Crippen molar-refractivity contribution in [3.05, 3.63) is 35.7 Å². The van der Waals surface area contributed by atoms with Crippen molar-refractivity contribution in [1.82, 2.24) is 20.1 Å². The molecular formula is C16H19F3N4O3. The number of hydroxylamine groups is 2. The van der Waals surface area contributed by atoms with Gasteiger partial charge in [0.1, 0.15) is 0 Å². The number of urea groups is 1. The molecule has 1 aromatic carbocycles. The summed E-state index contributed by atoms with van der Waals surface area (Å²) in [6.45, 7) is 5.02. The van der Waals surface area contributed by atoms with Crippen molar-refractivity contribution >= 4 is 6.03 Å². The summed E-state index contributed by atoms with van der Waals surface area (Å²) in [7, 11) is 1.40. The van der Waals surface area contributed by atoms with Gasteiger partial charge in [-0.1, -0.05) is 29.4 Å². The number of benzene rings is 1. The highest BCUT2D eigenvalue weighted by Gasteiger charge is 2.38. The molecule has 26 heavy (non-hydrogen) atoms. The van der Waals surface area contributed by atoms with Gasteiger partial charge in [-0.05, 0) is 19.4 Å². The zero-order valence-corrected chi connectivity index (χ0v) is 14.6. The standard InChI is InChI=1S/C16H19F3N4O3/c1-4-22(5-2)15(24)23(25-3)10-11-6-8-12(9-7-11)13-20-14(26-21-13)16(17,18)19/h6-9H,4-5,10H2,1-3H3. The summed E-state index contributed by atoms with van der Waals surface area (Å²) in [5.41, 5.74) is 1.10. The molecule has 2 rings (SSSR count). The van der Waals surface area contributed by atoms with E-state index in [4.69, 9.17) is 4.84 Å². The van der Waals surface area contributed by atoms with Gasteiger partial charge in [-0.25, -0.2) is 4.79 Å². The van der Waals surface area contributed by atoms with Gasteiger partial charge in [-0.3, -0.25) is 4.84 Å². The minimum atomic E-state index is -4.69. The van der Waals surface area contributed by atoms with E-state index in [-0.39, 0.29) is 18.4 Å². The SMILES string of the molecule is CCN(CC)C(=O)N(Cc1ccc(-c2noc(C(F)(F)F)n2)cc1)OC. The third-order valence-corrected chi connectivity index (χ3v) is 3.67. The van der Waals surface area contributed by atoms with Crippen molar-refractivity contribution < 1.29 is 27.3 Å². The van der Waals surface area contributed by atoms with E-state index in [0.717, 1.165) is 5.56 Å². The molecule has 1 aromatic heterocycles. The molecule has 0 aliphatic rings. The fourth-order valence-corrected chi connectivity index (χ4v) is 2.24. The van der Waals surface area contributed by atoms with Crippen molar-refractivity contribution in [2.45, 2.75) is 26.6 Å². The molecule has 0 unspecified atom stereocenters. The number of rotatable bonds is 6. The molecule has 0 saturated heterocycles. The molecule has 2 aromatic rings. The van der Waals surface area contributed by atoms with Crippen LogP contribution in [0.25, 0.3) is 11.4 Å². The number of hydrogen-bond acceptors (Lipinski definition) is 5. The van der Waals surface area contributed by atoms with Crippen molar-refractivity contribution in [3.63, 3.8) is 0 Å². The molecule has 2 amide bonds. The first-order valence-corrected chi connectivity index (χ1v) is 7.90. The Labute approximate surface area is 148 Å². The summed E-state index contributed by atoms with van der Waals surface area (Å²) in [6.07, 6.45) is -4.69. The Kier molecular flexibility index (Phi) is 6.19. The maximum atomic E-state index is 12.5. The molecule has 0 aliphatic carbocycles. The molecule has 0 radical (unpaired) electrons. The van der Waals surface area contributed by atoms with Crippen molar-refractivity contribution in [3.8, 4) is 11.4 Å². The normalized spacial score (nSPS) is 11.5. The van der Waals surface area contributed by atoms with Gasteiger partial charge in [0.15, 0.2) is 0 Å². The van der Waals surface area contributed by atoms with Gasteiger partial charge in [0, 0.05) is 18.7 Å². The monoisotopic (exact) mass is 372 g/mol. The van der Waals surface area contributed by atoms with E-state index in [0.29, 0.717) is 18.7 Å². The zero-order valence-electron chi connectivity index (χ0n) is 14.6. The fourth-order valence-electron chi connectivity index (χ4n) is 2.24. The average Bonchev–Trinajstić information content (AvgIpc) is 3.11. The van der Waals surface area contributed by atoms with Gasteiger partial charge >= 0.3 is 18.1 Å². The Hall–Kier alpha value is -2.62. The Bertz CT molecular complexity index is 727. The van der Waals surface area contributed by atoms with Crippen LogP contribution in [0.1, 0.15) is 25.3 Å². The van der Waals surface area contributed by atoms with Crippen LogP contribution in [0.3, 0.4) is 0 Å². The number of nitrogens with zero attached hydrogens (tertiary/aromatic N) is 4. The molecule has 142 valence electrons. The van der Waals surface area contributed by atoms with Crippen LogP contribution in [0, 0.1) is 0 Å². The lowest BCUT2D eigenvalue weighted by Gasteiger charge is -2.27. The van der Waals surface area contributed by atoms with Crippen LogP contribution in [0.2, 0.25) is 0 Å². The van der Waals surface area contributed by atoms with Gasteiger partial charge in [0.25, 0.3) is 0 Å². The minimum absolute atomic E-state index is 0.160. The van der Waals surface area contributed by atoms with E-state index in [9.17, 15) is 18.0 Å². The van der Waals surface area contributed by atoms with E-state index in [1.807, 2.05) is 13.8 Å². The predicted octanol–water partition coefficient (Wildman–Crippen LogP) is 3.58. The van der Waals surface area contributed by atoms with E-state index < -0.39 is 12.1 Å². The Morgan fingerprint density at radius 3 is 2.27 bits per heavy atom. The van der Waals surface area contributed by atoms with Crippen LogP contribution >= 0.6 is 0 Å². The van der Waals surface area contributed by atoms with Crippen LogP contribution < -0.4 is 0 Å². The number of halogens is 3. The van der Waals surface area contributed by atoms with Crippen molar-refractivity contribution in [2.75, 3.05) is 20.2 Å². The molecule has 10 heteroatoms. The number of amides is 2. The third-order valence-electron chi connectivity index (χ3n) is 3.67. The zero-order chi connectivity index (χ0) is 19.3. The van der Waals surface area contributed by atoms with Gasteiger partial charge in [-0.15, -0.1) is 0 Å². The molecule has 0 atom stereocenters. The fraction of sp³-hybridized carbons (Fsp3) is 0.438. The van der Waals surface area contributed by atoms with E-state index in [2.05, 4.69) is 14.7 Å². The molecular weight excluding hydrogens is 353 g/mol. The Morgan fingerprint density at radius 1 is 1.19 bits per heavy atom. The molecule has 7 nitrogen and oxygen atoms in total. The van der Waals surface area contributed by atoms with Crippen LogP contribution in [-0.4, -0.2) is 46.3 Å². The highest BCUT2D eigenvalue weighted by atomic mass is 19.4. The van der Waals surface area contributed by atoms with Gasteiger partial charge in [0.05, 0.1) is 13.7 Å². The summed E-state index contributed by atoms with van der Waals surface area (Å²) in [5.74, 6) is -1.56. The molecule has 1 heterocycles. The second kappa shape index (κ2) is 8.17. The Morgan fingerprint density at radius 2 is 1.81 bits per heavy atom. The second-order valence-electron chi connectivity index (χ2n) is 5.29. The molecule has 0 aliphatic heterocycles. The number of hydrogen-bond donors (Lipinski definition) is 0. The lowest BCUT2D eigenvalue weighted by atomic mass is 10.1. The minimum Gasteiger partial charge on any atom is -0.329 e. The molecule has 0 saturated carbocycles. The third kappa shape index (κ3) is 4.51. The van der Waals surface area contributed by atoms with Gasteiger partial charge in [-0.2, -0.15) is 23.2 Å². The summed E-state index contributed by atoms with van der Waals surface area (Å²) in [5, 5.41) is 4.54. The van der Waals surface area contributed by atoms with Gasteiger partial charge < -0.3 is 9.42 Å². The first kappa shape index (κ1) is 19.7. The molecule has 0 fully saturated rings. The number of aromatic nitrogens is 2. The number of alkyl halides is 3. The second-order valence-corrected chi connectivity index (χ2v) is 5.29. The smallest absolute Gasteiger partial charge is 0.329 e. The van der Waals surface area contributed by atoms with Crippen molar-refractivity contribution in [2.24, 2.45) is 0 Å². The van der Waals surface area contributed by atoms with Crippen LogP contribution in [-0.2, 0) is 17.6 Å². The maximum absolute atomic E-state index is 12.5. The van der Waals surface area contributed by atoms with E-state index >= 15 is 0 Å².